The van der Waals surface area contributed by atoms with E-state index in [9.17, 15) is 14.0 Å². The number of anilines is 1. The first-order valence-corrected chi connectivity index (χ1v) is 8.51. The van der Waals surface area contributed by atoms with Gasteiger partial charge in [-0.15, -0.1) is 11.3 Å². The van der Waals surface area contributed by atoms with Crippen molar-refractivity contribution in [3.63, 3.8) is 0 Å². The van der Waals surface area contributed by atoms with Crippen LogP contribution in [0.4, 0.5) is 10.1 Å². The Morgan fingerprint density at radius 2 is 1.96 bits per heavy atom. The van der Waals surface area contributed by atoms with Crippen LogP contribution < -0.4 is 15.5 Å². The molecule has 2 rings (SSSR count). The number of hydrogen-bond donors (Lipinski definition) is 3. The van der Waals surface area contributed by atoms with E-state index in [2.05, 4.69) is 10.6 Å². The summed E-state index contributed by atoms with van der Waals surface area (Å²) in [7, 11) is 1.76. The minimum Gasteiger partial charge on any atom is -0.344 e. The molecule has 0 aliphatic rings. The highest BCUT2D eigenvalue weighted by Gasteiger charge is 2.17. The number of quaternary nitrogens is 1. The Kier molecular flexibility index (Phi) is 6.45. The fourth-order valence-corrected chi connectivity index (χ4v) is 3.02. The van der Waals surface area contributed by atoms with Crippen molar-refractivity contribution in [2.45, 2.75) is 13.0 Å². The molecular formula is C17H21FN3O2S+. The molecule has 24 heavy (non-hydrogen) atoms. The number of likely N-dealkylation sites (N-methyl/N-ethyl adjacent to an activating group) is 1. The molecule has 2 amide bonds. The van der Waals surface area contributed by atoms with Crippen LogP contribution in [0.3, 0.4) is 0 Å². The Bertz CT molecular complexity index is 691. The lowest BCUT2D eigenvalue weighted by molar-refractivity contribution is -0.862. The summed E-state index contributed by atoms with van der Waals surface area (Å²) in [5, 5.41) is 7.50. The average Bonchev–Trinajstić information content (AvgIpc) is 3.00. The zero-order valence-corrected chi connectivity index (χ0v) is 14.5. The lowest BCUT2D eigenvalue weighted by Gasteiger charge is -2.16. The predicted molar refractivity (Wildman–Crippen MR) is 92.5 cm³/mol. The molecule has 1 unspecified atom stereocenters. The van der Waals surface area contributed by atoms with E-state index in [0.717, 1.165) is 9.78 Å². The first kappa shape index (κ1) is 18.1. The first-order chi connectivity index (χ1) is 11.4. The van der Waals surface area contributed by atoms with Gasteiger partial charge in [0.1, 0.15) is 5.82 Å². The van der Waals surface area contributed by atoms with Crippen molar-refractivity contribution >= 4 is 28.8 Å². The molecule has 2 atom stereocenters. The Balaban J connectivity index is 1.76. The van der Waals surface area contributed by atoms with Gasteiger partial charge < -0.3 is 15.5 Å². The van der Waals surface area contributed by atoms with Gasteiger partial charge in [-0.25, -0.2) is 4.39 Å². The molecule has 0 radical (unpaired) electrons. The second-order valence-corrected chi connectivity index (χ2v) is 6.65. The maximum Gasteiger partial charge on any atom is 0.279 e. The van der Waals surface area contributed by atoms with Gasteiger partial charge >= 0.3 is 0 Å². The van der Waals surface area contributed by atoms with Crippen molar-refractivity contribution in [1.29, 1.82) is 0 Å². The standard InChI is InChI=1S/C17H20FN3O2S/c1-12(15-7-4-8-24-15)19-16(22)10-21(2)11-17(23)20-14-6-3-5-13(18)9-14/h3-9,12H,10-11H2,1-2H3,(H,19,22)(H,20,23)/p+1/t12-/m0/s1. The van der Waals surface area contributed by atoms with Crippen molar-refractivity contribution in [2.24, 2.45) is 0 Å². The van der Waals surface area contributed by atoms with Crippen molar-refractivity contribution in [2.75, 3.05) is 25.5 Å². The monoisotopic (exact) mass is 350 g/mol. The SMILES string of the molecule is C[C@H](NC(=O)C[NH+](C)CC(=O)Nc1cccc(F)c1)c1cccs1. The number of halogens is 1. The lowest BCUT2D eigenvalue weighted by Crippen LogP contribution is -3.11. The summed E-state index contributed by atoms with van der Waals surface area (Å²) in [5.41, 5.74) is 0.406. The maximum atomic E-state index is 13.1. The van der Waals surface area contributed by atoms with E-state index >= 15 is 0 Å². The molecular weight excluding hydrogens is 329 g/mol. The number of nitrogens with one attached hydrogen (secondary N) is 3. The Morgan fingerprint density at radius 1 is 1.21 bits per heavy atom. The minimum absolute atomic E-state index is 0.0496. The number of carbonyl (C=O) groups is 2. The summed E-state index contributed by atoms with van der Waals surface area (Å²) in [5.74, 6) is -0.792. The van der Waals surface area contributed by atoms with E-state index in [1.165, 1.54) is 18.2 Å². The number of hydrogen-bond acceptors (Lipinski definition) is 3. The van der Waals surface area contributed by atoms with Gasteiger partial charge in [-0.2, -0.15) is 0 Å². The lowest BCUT2D eigenvalue weighted by atomic mass is 10.2. The van der Waals surface area contributed by atoms with Crippen molar-refractivity contribution in [3.05, 3.63) is 52.5 Å². The van der Waals surface area contributed by atoms with E-state index in [0.29, 0.717) is 5.69 Å². The molecule has 5 nitrogen and oxygen atoms in total. The molecule has 0 bridgehead atoms. The topological polar surface area (TPSA) is 62.6 Å². The molecule has 7 heteroatoms. The van der Waals surface area contributed by atoms with Gasteiger partial charge in [0.2, 0.25) is 0 Å². The molecule has 1 heterocycles. The van der Waals surface area contributed by atoms with Crippen molar-refractivity contribution in [3.8, 4) is 0 Å². The number of rotatable bonds is 7. The van der Waals surface area contributed by atoms with Gasteiger partial charge in [-0.3, -0.25) is 9.59 Å². The molecule has 2 aromatic rings. The van der Waals surface area contributed by atoms with Crippen LogP contribution in [0.15, 0.2) is 41.8 Å². The summed E-state index contributed by atoms with van der Waals surface area (Å²) >= 11 is 1.59. The molecule has 0 aliphatic carbocycles. The predicted octanol–water partition coefficient (Wildman–Crippen LogP) is 1.22. The smallest absolute Gasteiger partial charge is 0.279 e. The van der Waals surface area contributed by atoms with E-state index in [4.69, 9.17) is 0 Å². The Morgan fingerprint density at radius 3 is 2.62 bits per heavy atom. The highest BCUT2D eigenvalue weighted by Crippen LogP contribution is 2.17. The zero-order chi connectivity index (χ0) is 17.5. The highest BCUT2D eigenvalue weighted by atomic mass is 32.1. The molecule has 0 aliphatic heterocycles. The van der Waals surface area contributed by atoms with Crippen LogP contribution in [0.1, 0.15) is 17.8 Å². The first-order valence-electron chi connectivity index (χ1n) is 7.63. The van der Waals surface area contributed by atoms with Gasteiger partial charge in [-0.1, -0.05) is 12.1 Å². The molecule has 0 saturated heterocycles. The average molecular weight is 350 g/mol. The second kappa shape index (κ2) is 8.56. The number of carbonyl (C=O) groups excluding carboxylic acids is 2. The highest BCUT2D eigenvalue weighted by molar-refractivity contribution is 7.10. The quantitative estimate of drug-likeness (QED) is 0.703. The summed E-state index contributed by atoms with van der Waals surface area (Å²) in [6.07, 6.45) is 0. The Hall–Kier alpha value is -2.25. The molecule has 0 fully saturated rings. The molecule has 1 aromatic heterocycles. The molecule has 3 N–H and O–H groups in total. The van der Waals surface area contributed by atoms with Gasteiger partial charge in [0.15, 0.2) is 13.1 Å². The third-order valence-corrected chi connectivity index (χ3v) is 4.44. The van der Waals surface area contributed by atoms with E-state index < -0.39 is 5.82 Å². The van der Waals surface area contributed by atoms with Crippen LogP contribution in [0, 0.1) is 5.82 Å². The van der Waals surface area contributed by atoms with Crippen LogP contribution in [-0.4, -0.2) is 32.0 Å². The van der Waals surface area contributed by atoms with Gasteiger partial charge in [0.05, 0.1) is 13.1 Å². The van der Waals surface area contributed by atoms with E-state index in [1.807, 2.05) is 24.4 Å². The normalized spacial score (nSPS) is 13.1. The van der Waals surface area contributed by atoms with Crippen LogP contribution in [-0.2, 0) is 9.59 Å². The molecule has 0 saturated carbocycles. The van der Waals surface area contributed by atoms with Crippen LogP contribution >= 0.6 is 11.3 Å². The molecule has 0 spiro atoms. The van der Waals surface area contributed by atoms with Crippen LogP contribution in [0.5, 0.6) is 0 Å². The fraction of sp³-hybridized carbons (Fsp3) is 0.294. The number of benzene rings is 1. The van der Waals surface area contributed by atoms with Gasteiger partial charge in [0.25, 0.3) is 11.8 Å². The fourth-order valence-electron chi connectivity index (χ4n) is 2.28. The van der Waals surface area contributed by atoms with Crippen molar-refractivity contribution < 1.29 is 18.9 Å². The molecule has 1 aromatic carbocycles. The largest absolute Gasteiger partial charge is 0.344 e. The van der Waals surface area contributed by atoms with Crippen molar-refractivity contribution in [1.82, 2.24) is 5.32 Å². The maximum absolute atomic E-state index is 13.1. The number of thiophene rings is 1. The Labute approximate surface area is 144 Å². The summed E-state index contributed by atoms with van der Waals surface area (Å²) in [6.45, 7) is 2.24. The summed E-state index contributed by atoms with van der Waals surface area (Å²) < 4.78 is 13.1. The third kappa shape index (κ3) is 5.75. The zero-order valence-electron chi connectivity index (χ0n) is 13.6. The summed E-state index contributed by atoms with van der Waals surface area (Å²) in [4.78, 5) is 25.8. The molecule has 128 valence electrons. The minimum atomic E-state index is -0.407. The van der Waals surface area contributed by atoms with E-state index in [-0.39, 0.29) is 30.9 Å². The third-order valence-electron chi connectivity index (χ3n) is 3.38. The van der Waals surface area contributed by atoms with E-state index in [1.54, 1.807) is 24.5 Å². The second-order valence-electron chi connectivity index (χ2n) is 5.67. The number of amides is 2. The van der Waals surface area contributed by atoms with Gasteiger partial charge in [-0.05, 0) is 36.6 Å². The van der Waals surface area contributed by atoms with Crippen LogP contribution in [0.2, 0.25) is 0 Å². The van der Waals surface area contributed by atoms with Gasteiger partial charge in [0, 0.05) is 10.6 Å². The van der Waals surface area contributed by atoms with Crippen LogP contribution in [0.25, 0.3) is 0 Å². The summed E-state index contributed by atoms with van der Waals surface area (Å²) in [6, 6.07) is 9.57.